The van der Waals surface area contributed by atoms with Gasteiger partial charge in [-0.1, -0.05) is 79.4 Å². The zero-order valence-electron chi connectivity index (χ0n) is 36.6. The van der Waals surface area contributed by atoms with Crippen LogP contribution >= 0.6 is 0 Å². The predicted octanol–water partition coefficient (Wildman–Crippen LogP) is 10.9. The Morgan fingerprint density at radius 2 is 1.42 bits per heavy atom. The standard InChI is InChI=1S/C45H61N7O10/c1-8-14-16-33(10-3)30-61-42-29-40(49-47-38-21-19-36(51(55)56)27-41(38)52(57)58)43(62-31-34(11-4)17-15-9-2)28-39(42)48-46-37-20-18-35(26-32(37)7)50(22-24-59-44(53)12-5)23-25-60-45(54)13-6/h12-13,18-21,26-29,33-34,39,42H,5-6,8-11,14-17,22-25,30-31H2,1-4,7H3/b48-46+,49-47+. The Morgan fingerprint density at radius 3 is 1.97 bits per heavy atom. The van der Waals surface area contributed by atoms with Crippen molar-refractivity contribution in [3.63, 3.8) is 0 Å². The molecule has 0 heterocycles. The highest BCUT2D eigenvalue weighted by molar-refractivity contribution is 5.81. The van der Waals surface area contributed by atoms with Crippen molar-refractivity contribution in [3.8, 4) is 0 Å². The van der Waals surface area contributed by atoms with Crippen LogP contribution in [0.5, 0.6) is 0 Å². The van der Waals surface area contributed by atoms with Gasteiger partial charge in [0, 0.05) is 23.9 Å². The lowest BCUT2D eigenvalue weighted by Crippen LogP contribution is -2.32. The predicted molar refractivity (Wildman–Crippen MR) is 237 cm³/mol. The van der Waals surface area contributed by atoms with Crippen LogP contribution in [0.1, 0.15) is 84.6 Å². The van der Waals surface area contributed by atoms with Gasteiger partial charge in [-0.3, -0.25) is 20.2 Å². The maximum Gasteiger partial charge on any atom is 0.330 e. The van der Waals surface area contributed by atoms with Crippen molar-refractivity contribution in [2.24, 2.45) is 32.3 Å². The summed E-state index contributed by atoms with van der Waals surface area (Å²) in [6.45, 7) is 18.9. The van der Waals surface area contributed by atoms with E-state index in [4.69, 9.17) is 24.1 Å². The first-order valence-electron chi connectivity index (χ1n) is 21.2. The van der Waals surface area contributed by atoms with Crippen LogP contribution in [-0.2, 0) is 28.5 Å². The van der Waals surface area contributed by atoms with E-state index in [-0.39, 0.29) is 36.4 Å². The topological polar surface area (TPSA) is 210 Å². The number of non-ortho nitro benzene ring substituents is 1. The fourth-order valence-electron chi connectivity index (χ4n) is 6.42. The number of nitro groups is 2. The Kier molecular flexibility index (Phi) is 21.9. The molecule has 0 N–H and O–H groups in total. The first kappa shape index (κ1) is 50.3. The average Bonchev–Trinajstić information content (AvgIpc) is 3.27. The molecule has 1 aliphatic carbocycles. The third-order valence-electron chi connectivity index (χ3n) is 10.3. The molecule has 0 aromatic heterocycles. The minimum atomic E-state index is -0.735. The fourth-order valence-corrected chi connectivity index (χ4v) is 6.42. The normalized spacial score (nSPS) is 16.0. The first-order chi connectivity index (χ1) is 29.9. The van der Waals surface area contributed by atoms with E-state index < -0.39 is 45.3 Å². The molecule has 62 heavy (non-hydrogen) atoms. The lowest BCUT2D eigenvalue weighted by molar-refractivity contribution is -0.393. The van der Waals surface area contributed by atoms with Crippen molar-refractivity contribution < 1.29 is 38.4 Å². The van der Waals surface area contributed by atoms with E-state index in [9.17, 15) is 29.8 Å². The van der Waals surface area contributed by atoms with E-state index in [1.54, 1.807) is 12.2 Å². The van der Waals surface area contributed by atoms with Crippen molar-refractivity contribution in [3.05, 3.63) is 111 Å². The molecular formula is C45H61N7O10. The minimum Gasteiger partial charge on any atom is -0.491 e. The number of benzene rings is 2. The van der Waals surface area contributed by atoms with E-state index in [1.165, 1.54) is 6.07 Å². The van der Waals surface area contributed by atoms with E-state index in [0.717, 1.165) is 86.9 Å². The van der Waals surface area contributed by atoms with Crippen LogP contribution in [0.4, 0.5) is 28.4 Å². The molecule has 17 heteroatoms. The van der Waals surface area contributed by atoms with Gasteiger partial charge in [-0.25, -0.2) is 9.59 Å². The minimum absolute atomic E-state index is 0.0787. The molecule has 336 valence electrons. The molecule has 4 unspecified atom stereocenters. The number of esters is 2. The molecule has 0 amide bonds. The maximum atomic E-state index is 11.9. The molecule has 2 aromatic rings. The van der Waals surface area contributed by atoms with Gasteiger partial charge in [0.25, 0.3) is 5.69 Å². The van der Waals surface area contributed by atoms with Gasteiger partial charge in [-0.2, -0.15) is 10.2 Å². The SMILES string of the molecule is C=CC(=O)OCCN(CCOC(=O)C=C)c1ccc(/N=N/C2C=C(OCC(CC)CCCC)C(/N=N/c3ccc([N+](=O)[O-])cc3[N+](=O)[O-])=CC2OCC(CC)CCCC)c(C)c1. The number of nitro benzene ring substituents is 2. The summed E-state index contributed by atoms with van der Waals surface area (Å²) in [6.07, 6.45) is 13.0. The summed E-state index contributed by atoms with van der Waals surface area (Å²) in [7, 11) is 0. The van der Waals surface area contributed by atoms with Crippen LogP contribution in [0.3, 0.4) is 0 Å². The fraction of sp³-hybridized carbons (Fsp3) is 0.511. The molecule has 0 aliphatic heterocycles. The summed E-state index contributed by atoms with van der Waals surface area (Å²) in [5, 5.41) is 41.4. The number of aryl methyl sites for hydroxylation is 1. The number of anilines is 1. The smallest absolute Gasteiger partial charge is 0.330 e. The Bertz CT molecular complexity index is 1940. The van der Waals surface area contributed by atoms with Gasteiger partial charge in [-0.05, 0) is 73.6 Å². The van der Waals surface area contributed by atoms with Gasteiger partial charge >= 0.3 is 17.6 Å². The number of unbranched alkanes of at least 4 members (excludes halogenated alkanes) is 2. The van der Waals surface area contributed by atoms with E-state index in [2.05, 4.69) is 56.2 Å². The number of carbonyl (C=O) groups excluding carboxylic acids is 2. The number of hydrogen-bond donors (Lipinski definition) is 0. The summed E-state index contributed by atoms with van der Waals surface area (Å²) in [4.78, 5) is 47.2. The van der Waals surface area contributed by atoms with E-state index in [0.29, 0.717) is 37.7 Å². The zero-order chi connectivity index (χ0) is 45.4. The van der Waals surface area contributed by atoms with Crippen molar-refractivity contribution in [1.29, 1.82) is 0 Å². The summed E-state index contributed by atoms with van der Waals surface area (Å²) >= 11 is 0. The lowest BCUT2D eigenvalue weighted by Gasteiger charge is -2.27. The third kappa shape index (κ3) is 16.4. The van der Waals surface area contributed by atoms with Crippen LogP contribution in [-0.4, -0.2) is 73.4 Å². The second-order valence-corrected chi connectivity index (χ2v) is 14.8. The molecule has 4 atom stereocenters. The first-order valence-corrected chi connectivity index (χ1v) is 21.2. The second-order valence-electron chi connectivity index (χ2n) is 14.8. The van der Waals surface area contributed by atoms with Gasteiger partial charge in [0.2, 0.25) is 0 Å². The molecule has 0 spiro atoms. The third-order valence-corrected chi connectivity index (χ3v) is 10.3. The summed E-state index contributed by atoms with van der Waals surface area (Å²) in [6, 6.07) is 8.10. The number of nitrogens with zero attached hydrogens (tertiary/aromatic N) is 7. The number of carbonyl (C=O) groups is 2. The molecule has 2 aromatic carbocycles. The second kappa shape index (κ2) is 27.0. The van der Waals surface area contributed by atoms with E-state index >= 15 is 0 Å². The Morgan fingerprint density at radius 1 is 0.806 bits per heavy atom. The quantitative estimate of drug-likeness (QED) is 0.0247. The van der Waals surface area contributed by atoms with Crippen LogP contribution in [0.25, 0.3) is 0 Å². The molecule has 0 fully saturated rings. The molecule has 0 saturated heterocycles. The van der Waals surface area contributed by atoms with Crippen molar-refractivity contribution in [1.82, 2.24) is 0 Å². The molecular weight excluding hydrogens is 799 g/mol. The summed E-state index contributed by atoms with van der Waals surface area (Å²) in [5.74, 6) is -0.195. The number of ether oxygens (including phenoxy) is 4. The Hall–Kier alpha value is -6.10. The van der Waals surface area contributed by atoms with Crippen LogP contribution < -0.4 is 4.90 Å². The number of rotatable bonds is 29. The average molecular weight is 860 g/mol. The highest BCUT2D eigenvalue weighted by Crippen LogP contribution is 2.35. The molecule has 3 rings (SSSR count). The van der Waals surface area contributed by atoms with Crippen LogP contribution in [0.2, 0.25) is 0 Å². The molecule has 1 aliphatic rings. The number of azo groups is 2. The monoisotopic (exact) mass is 859 g/mol. The van der Waals surface area contributed by atoms with Crippen LogP contribution in [0, 0.1) is 39.0 Å². The summed E-state index contributed by atoms with van der Waals surface area (Å²) < 4.78 is 23.4. The van der Waals surface area contributed by atoms with Gasteiger partial charge in [0.15, 0.2) is 5.69 Å². The lowest BCUT2D eigenvalue weighted by atomic mass is 9.99. The van der Waals surface area contributed by atoms with Crippen molar-refractivity contribution in [2.45, 2.75) is 98.1 Å². The summed E-state index contributed by atoms with van der Waals surface area (Å²) in [5.41, 5.74) is 1.27. The molecule has 0 bridgehead atoms. The molecule has 0 saturated carbocycles. The van der Waals surface area contributed by atoms with E-state index in [1.807, 2.05) is 30.0 Å². The maximum absolute atomic E-state index is 11.9. The Balaban J connectivity index is 2.06. The van der Waals surface area contributed by atoms with Crippen LogP contribution in [0.15, 0.2) is 106 Å². The van der Waals surface area contributed by atoms with Crippen molar-refractivity contribution in [2.75, 3.05) is 44.4 Å². The molecule has 17 nitrogen and oxygen atoms in total. The van der Waals surface area contributed by atoms with Gasteiger partial charge < -0.3 is 23.8 Å². The highest BCUT2D eigenvalue weighted by atomic mass is 16.6. The van der Waals surface area contributed by atoms with Crippen molar-refractivity contribution >= 4 is 40.4 Å². The van der Waals surface area contributed by atoms with Gasteiger partial charge in [0.05, 0.1) is 47.9 Å². The van der Waals surface area contributed by atoms with Gasteiger partial charge in [-0.15, -0.1) is 10.2 Å². The van der Waals surface area contributed by atoms with Gasteiger partial charge in [0.1, 0.15) is 36.8 Å². The zero-order valence-corrected chi connectivity index (χ0v) is 36.6. The highest BCUT2D eigenvalue weighted by Gasteiger charge is 2.29. The number of hydrogen-bond acceptors (Lipinski definition) is 15. The Labute approximate surface area is 364 Å². The largest absolute Gasteiger partial charge is 0.491 e. The molecule has 0 radical (unpaired) electrons.